The summed E-state index contributed by atoms with van der Waals surface area (Å²) in [7, 11) is 0. The van der Waals surface area contributed by atoms with Gasteiger partial charge in [-0.1, -0.05) is 35.9 Å². The summed E-state index contributed by atoms with van der Waals surface area (Å²) in [6, 6.07) is 4.77. The second-order valence-electron chi connectivity index (χ2n) is 10.3. The standard InChI is InChI=1S/C29H37ClN2O5S/c1-4-6-18-37-28(36)22-21-13-14-29(38-21)23(22)26(34)32(16-8-7-9-17-33)25(29)27(35)31(15-5-2)24-19(3)11-10-12-20(24)30/h4-5,10-12,21-23,25,33H,1-2,6-9,13-18H2,3H3/t21-,22+,23-,25?,29?/m0/s1. The predicted molar refractivity (Wildman–Crippen MR) is 151 cm³/mol. The van der Waals surface area contributed by atoms with Crippen molar-refractivity contribution in [1.29, 1.82) is 0 Å². The number of anilines is 1. The van der Waals surface area contributed by atoms with E-state index < -0.39 is 22.6 Å². The monoisotopic (exact) mass is 560 g/mol. The molecule has 1 aromatic carbocycles. The van der Waals surface area contributed by atoms with E-state index in [1.807, 2.05) is 19.1 Å². The Bertz CT molecular complexity index is 1080. The summed E-state index contributed by atoms with van der Waals surface area (Å²) in [5.74, 6) is -1.89. The summed E-state index contributed by atoms with van der Waals surface area (Å²) in [6.07, 6.45) is 7.37. The summed E-state index contributed by atoms with van der Waals surface area (Å²) in [4.78, 5) is 45.2. The van der Waals surface area contributed by atoms with Gasteiger partial charge in [0.2, 0.25) is 5.91 Å². The second-order valence-corrected chi connectivity index (χ2v) is 12.3. The fraction of sp³-hybridized carbons (Fsp3) is 0.552. The van der Waals surface area contributed by atoms with Gasteiger partial charge in [0.25, 0.3) is 5.91 Å². The number of aryl methyl sites for hydroxylation is 1. The van der Waals surface area contributed by atoms with Crippen molar-refractivity contribution in [2.45, 2.75) is 61.5 Å². The van der Waals surface area contributed by atoms with Crippen molar-refractivity contribution in [2.75, 3.05) is 31.2 Å². The van der Waals surface area contributed by atoms with Gasteiger partial charge in [-0.15, -0.1) is 24.9 Å². The van der Waals surface area contributed by atoms with Crippen LogP contribution < -0.4 is 4.90 Å². The van der Waals surface area contributed by atoms with E-state index in [0.29, 0.717) is 42.9 Å². The Labute approximate surface area is 234 Å². The molecule has 0 aliphatic carbocycles. The number of carbonyl (C=O) groups is 3. The first kappa shape index (κ1) is 28.7. The number of aliphatic hydroxyl groups is 1. The number of likely N-dealkylation sites (tertiary alicyclic amines) is 1. The van der Waals surface area contributed by atoms with Gasteiger partial charge < -0.3 is 19.6 Å². The predicted octanol–water partition coefficient (Wildman–Crippen LogP) is 4.54. The Morgan fingerprint density at radius 1 is 1.29 bits per heavy atom. The fourth-order valence-electron chi connectivity index (χ4n) is 6.38. The quantitative estimate of drug-likeness (QED) is 0.216. The molecule has 0 radical (unpaired) electrons. The van der Waals surface area contributed by atoms with E-state index in [-0.39, 0.29) is 42.8 Å². The van der Waals surface area contributed by atoms with Crippen molar-refractivity contribution in [2.24, 2.45) is 11.8 Å². The third-order valence-electron chi connectivity index (χ3n) is 7.97. The van der Waals surface area contributed by atoms with Crippen LogP contribution in [0.4, 0.5) is 5.69 Å². The molecular weight excluding hydrogens is 524 g/mol. The van der Waals surface area contributed by atoms with Crippen LogP contribution in [0.2, 0.25) is 5.02 Å². The molecular formula is C29H37ClN2O5S. The number of halogens is 1. The number of fused-ring (bicyclic) bond motifs is 1. The van der Waals surface area contributed by atoms with Gasteiger partial charge >= 0.3 is 5.97 Å². The number of hydrogen-bond donors (Lipinski definition) is 1. The maximum absolute atomic E-state index is 14.5. The first-order valence-electron chi connectivity index (χ1n) is 13.4. The minimum atomic E-state index is -0.731. The Hall–Kier alpha value is -2.29. The van der Waals surface area contributed by atoms with Gasteiger partial charge in [-0.2, -0.15) is 0 Å². The molecule has 206 valence electrons. The van der Waals surface area contributed by atoms with E-state index in [1.54, 1.807) is 39.8 Å². The molecule has 3 fully saturated rings. The van der Waals surface area contributed by atoms with Gasteiger partial charge in [-0.3, -0.25) is 14.4 Å². The summed E-state index contributed by atoms with van der Waals surface area (Å²) in [5, 5.41) is 9.64. The number of amides is 2. The van der Waals surface area contributed by atoms with Crippen molar-refractivity contribution < 1.29 is 24.2 Å². The van der Waals surface area contributed by atoms with E-state index in [4.69, 9.17) is 16.3 Å². The maximum Gasteiger partial charge on any atom is 0.310 e. The molecule has 1 N–H and O–H groups in total. The number of benzene rings is 1. The van der Waals surface area contributed by atoms with Gasteiger partial charge in [0.05, 0.1) is 33.9 Å². The molecule has 3 heterocycles. The maximum atomic E-state index is 14.5. The molecule has 9 heteroatoms. The van der Waals surface area contributed by atoms with Crippen LogP contribution in [-0.4, -0.2) is 70.1 Å². The third kappa shape index (κ3) is 5.03. The smallest absolute Gasteiger partial charge is 0.310 e. The number of carbonyl (C=O) groups excluding carboxylic acids is 3. The first-order chi connectivity index (χ1) is 18.3. The third-order valence-corrected chi connectivity index (χ3v) is 10.2. The molecule has 3 saturated heterocycles. The number of hydrogen-bond acceptors (Lipinski definition) is 6. The average Bonchev–Trinajstić information content (AvgIpc) is 3.53. The van der Waals surface area contributed by atoms with Crippen LogP contribution >= 0.6 is 23.4 Å². The molecule has 2 bridgehead atoms. The lowest BCUT2D eigenvalue weighted by Crippen LogP contribution is -2.55. The van der Waals surface area contributed by atoms with E-state index >= 15 is 0 Å². The molecule has 2 unspecified atom stereocenters. The zero-order valence-corrected chi connectivity index (χ0v) is 23.5. The lowest BCUT2D eigenvalue weighted by atomic mass is 9.71. The van der Waals surface area contributed by atoms with Gasteiger partial charge in [-0.05, 0) is 57.1 Å². The molecule has 0 aromatic heterocycles. The van der Waals surface area contributed by atoms with E-state index in [1.165, 1.54) is 0 Å². The molecule has 7 nitrogen and oxygen atoms in total. The molecule has 1 spiro atoms. The largest absolute Gasteiger partial charge is 0.465 e. The van der Waals surface area contributed by atoms with Crippen LogP contribution in [0, 0.1) is 18.8 Å². The SMILES string of the molecule is C=CCCOC(=O)[C@@H]1[C@@H]2CCC3(S2)C(C(=O)N(CC=C)c2c(C)cccc2Cl)N(CCCCCO)C(=O)[C@H]13. The lowest BCUT2D eigenvalue weighted by Gasteiger charge is -2.37. The van der Waals surface area contributed by atoms with E-state index in [9.17, 15) is 19.5 Å². The molecule has 3 aliphatic rings. The van der Waals surface area contributed by atoms with Crippen LogP contribution in [0.15, 0.2) is 43.5 Å². The minimum absolute atomic E-state index is 0.0538. The molecule has 2 amide bonds. The number of aliphatic hydroxyl groups excluding tert-OH is 1. The van der Waals surface area contributed by atoms with Crippen LogP contribution in [-0.2, 0) is 19.1 Å². The highest BCUT2D eigenvalue weighted by molar-refractivity contribution is 8.02. The zero-order chi connectivity index (χ0) is 27.4. The minimum Gasteiger partial charge on any atom is -0.465 e. The Morgan fingerprint density at radius 3 is 2.76 bits per heavy atom. The Kier molecular flexibility index (Phi) is 9.27. The molecule has 1 aromatic rings. The molecule has 0 saturated carbocycles. The second kappa shape index (κ2) is 12.3. The van der Waals surface area contributed by atoms with Crippen molar-refractivity contribution >= 4 is 46.8 Å². The van der Waals surface area contributed by atoms with Gasteiger partial charge in [0, 0.05) is 24.9 Å². The first-order valence-corrected chi connectivity index (χ1v) is 14.6. The lowest BCUT2D eigenvalue weighted by molar-refractivity contribution is -0.154. The highest BCUT2D eigenvalue weighted by atomic mass is 35.5. The van der Waals surface area contributed by atoms with Crippen molar-refractivity contribution in [3.05, 3.63) is 54.1 Å². The number of ether oxygens (including phenoxy) is 1. The van der Waals surface area contributed by atoms with Crippen LogP contribution in [0.1, 0.15) is 44.1 Å². The highest BCUT2D eigenvalue weighted by Crippen LogP contribution is 2.66. The highest BCUT2D eigenvalue weighted by Gasteiger charge is 2.74. The number of para-hydroxylation sites is 1. The summed E-state index contributed by atoms with van der Waals surface area (Å²) in [6.45, 7) is 10.4. The zero-order valence-electron chi connectivity index (χ0n) is 21.9. The number of thioether (sulfide) groups is 1. The summed E-state index contributed by atoms with van der Waals surface area (Å²) >= 11 is 8.22. The van der Waals surface area contributed by atoms with Crippen molar-refractivity contribution in [3.63, 3.8) is 0 Å². The van der Waals surface area contributed by atoms with Crippen LogP contribution in [0.5, 0.6) is 0 Å². The van der Waals surface area contributed by atoms with Crippen molar-refractivity contribution in [1.82, 2.24) is 4.90 Å². The molecule has 3 aliphatic heterocycles. The number of nitrogens with zero attached hydrogens (tertiary/aromatic N) is 2. The molecule has 5 atom stereocenters. The topological polar surface area (TPSA) is 87.2 Å². The molecule has 38 heavy (non-hydrogen) atoms. The van der Waals surface area contributed by atoms with E-state index in [0.717, 1.165) is 18.4 Å². The Morgan fingerprint density at radius 2 is 2.08 bits per heavy atom. The fourth-order valence-corrected chi connectivity index (χ4v) is 8.91. The summed E-state index contributed by atoms with van der Waals surface area (Å²) in [5.41, 5.74) is 1.47. The van der Waals surface area contributed by atoms with Crippen LogP contribution in [0.25, 0.3) is 0 Å². The van der Waals surface area contributed by atoms with Gasteiger partial charge in [0.1, 0.15) is 6.04 Å². The van der Waals surface area contributed by atoms with E-state index in [2.05, 4.69) is 13.2 Å². The Balaban J connectivity index is 1.73. The normalized spacial score (nSPS) is 27.3. The van der Waals surface area contributed by atoms with Crippen LogP contribution in [0.3, 0.4) is 0 Å². The van der Waals surface area contributed by atoms with Gasteiger partial charge in [0.15, 0.2) is 0 Å². The molecule has 4 rings (SSSR count). The summed E-state index contributed by atoms with van der Waals surface area (Å²) < 4.78 is 4.85. The average molecular weight is 561 g/mol. The number of rotatable bonds is 13. The number of esters is 1. The number of unbranched alkanes of at least 4 members (excludes halogenated alkanes) is 2. The van der Waals surface area contributed by atoms with Crippen molar-refractivity contribution in [3.8, 4) is 0 Å². The van der Waals surface area contributed by atoms with Gasteiger partial charge in [-0.25, -0.2) is 0 Å².